The maximum absolute atomic E-state index is 12.0. The maximum Gasteiger partial charge on any atom is 0.328 e. The maximum atomic E-state index is 12.0. The second kappa shape index (κ2) is 5.01. The number of urea groups is 1. The van der Waals surface area contributed by atoms with Crippen molar-refractivity contribution >= 4 is 29.8 Å². The van der Waals surface area contributed by atoms with E-state index in [-0.39, 0.29) is 24.8 Å². The number of carbonyl (C=O) groups excluding carboxylic acids is 4. The third-order valence-corrected chi connectivity index (χ3v) is 3.63. The molecular weight excluding hydrogens is 274 g/mol. The van der Waals surface area contributed by atoms with Gasteiger partial charge in [-0.25, -0.2) is 4.79 Å². The van der Waals surface area contributed by atoms with Crippen molar-refractivity contribution in [3.05, 3.63) is 29.3 Å². The summed E-state index contributed by atoms with van der Waals surface area (Å²) in [7, 11) is 0. The van der Waals surface area contributed by atoms with Crippen LogP contribution in [0, 0.1) is 0 Å². The van der Waals surface area contributed by atoms with Gasteiger partial charge in [0.2, 0.25) is 5.91 Å². The summed E-state index contributed by atoms with van der Waals surface area (Å²) in [4.78, 5) is 48.4. The van der Waals surface area contributed by atoms with Crippen molar-refractivity contribution in [3.63, 3.8) is 0 Å². The van der Waals surface area contributed by atoms with Crippen molar-refractivity contribution in [2.24, 2.45) is 0 Å². The summed E-state index contributed by atoms with van der Waals surface area (Å²) < 4.78 is 0. The fourth-order valence-corrected chi connectivity index (χ4v) is 2.58. The Balaban J connectivity index is 1.87. The number of amides is 4. The number of rotatable bonds is 3. The third-order valence-electron chi connectivity index (χ3n) is 3.63. The van der Waals surface area contributed by atoms with E-state index in [1.165, 1.54) is 9.80 Å². The lowest BCUT2D eigenvalue weighted by Crippen LogP contribution is -2.49. The van der Waals surface area contributed by atoms with Gasteiger partial charge in [0.05, 0.1) is 6.54 Å². The van der Waals surface area contributed by atoms with E-state index in [0.717, 1.165) is 5.56 Å². The molecule has 3 rings (SSSR count). The summed E-state index contributed by atoms with van der Waals surface area (Å²) in [6, 6.07) is 4.63. The van der Waals surface area contributed by atoms with Crippen LogP contribution in [-0.4, -0.2) is 42.1 Å². The lowest BCUT2D eigenvalue weighted by molar-refractivity contribution is -0.120. The van der Waals surface area contributed by atoms with Gasteiger partial charge < -0.3 is 9.69 Å². The summed E-state index contributed by atoms with van der Waals surface area (Å²) >= 11 is 0. The first-order valence-electron chi connectivity index (χ1n) is 6.57. The van der Waals surface area contributed by atoms with E-state index < -0.39 is 6.03 Å². The largest absolute Gasteiger partial charge is 0.328 e. The highest BCUT2D eigenvalue weighted by atomic mass is 16.2. The van der Waals surface area contributed by atoms with Gasteiger partial charge in [-0.2, -0.15) is 0 Å². The van der Waals surface area contributed by atoms with E-state index in [1.807, 2.05) is 0 Å². The Labute approximate surface area is 120 Å². The van der Waals surface area contributed by atoms with Crippen LogP contribution in [0.3, 0.4) is 0 Å². The van der Waals surface area contributed by atoms with Crippen LogP contribution >= 0.6 is 0 Å². The van der Waals surface area contributed by atoms with Gasteiger partial charge in [-0.3, -0.25) is 19.8 Å². The number of anilines is 1. The molecule has 1 aromatic rings. The molecule has 0 aromatic heterocycles. The molecule has 0 radical (unpaired) electrons. The molecule has 0 saturated carbocycles. The van der Waals surface area contributed by atoms with E-state index in [0.29, 0.717) is 30.6 Å². The van der Waals surface area contributed by atoms with Gasteiger partial charge in [0.1, 0.15) is 6.29 Å². The highest BCUT2D eigenvalue weighted by molar-refractivity contribution is 6.06. The average molecular weight is 287 g/mol. The van der Waals surface area contributed by atoms with Crippen molar-refractivity contribution in [1.29, 1.82) is 0 Å². The highest BCUT2D eigenvalue weighted by Gasteiger charge is 2.29. The zero-order chi connectivity index (χ0) is 15.0. The standard InChI is InChI=1S/C14H13N3O4/c18-6-5-16-8-9-7-10(1-2-11(9)13(16)20)17-4-3-12(19)15-14(17)21/h1-2,6-7H,3-5,8H2,(H,15,19,21). The molecule has 0 aliphatic carbocycles. The van der Waals surface area contributed by atoms with Crippen LogP contribution < -0.4 is 10.2 Å². The molecule has 2 aliphatic heterocycles. The summed E-state index contributed by atoms with van der Waals surface area (Å²) in [5.74, 6) is -0.466. The normalized spacial score (nSPS) is 17.8. The average Bonchev–Trinajstić information content (AvgIpc) is 2.75. The van der Waals surface area contributed by atoms with Crippen LogP contribution in [0.5, 0.6) is 0 Å². The number of nitrogens with zero attached hydrogens (tertiary/aromatic N) is 2. The van der Waals surface area contributed by atoms with Crippen LogP contribution in [0.2, 0.25) is 0 Å². The quantitative estimate of drug-likeness (QED) is 0.809. The van der Waals surface area contributed by atoms with Crippen LogP contribution in [0.4, 0.5) is 10.5 Å². The van der Waals surface area contributed by atoms with E-state index in [9.17, 15) is 19.2 Å². The molecule has 0 atom stereocenters. The van der Waals surface area contributed by atoms with Crippen molar-refractivity contribution < 1.29 is 19.2 Å². The first-order chi connectivity index (χ1) is 10.1. The van der Waals surface area contributed by atoms with Gasteiger partial charge in [-0.05, 0) is 23.8 Å². The molecule has 7 nitrogen and oxygen atoms in total. The number of fused-ring (bicyclic) bond motifs is 1. The molecule has 1 saturated heterocycles. The minimum Gasteiger partial charge on any atom is -0.327 e. The zero-order valence-corrected chi connectivity index (χ0v) is 11.2. The van der Waals surface area contributed by atoms with Crippen molar-refractivity contribution in [1.82, 2.24) is 10.2 Å². The van der Waals surface area contributed by atoms with Gasteiger partial charge >= 0.3 is 6.03 Å². The predicted octanol–water partition coefficient (Wildman–Crippen LogP) is 0.288. The Morgan fingerprint density at radius 2 is 2.05 bits per heavy atom. The van der Waals surface area contributed by atoms with Gasteiger partial charge in [0.25, 0.3) is 5.91 Å². The predicted molar refractivity (Wildman–Crippen MR) is 72.7 cm³/mol. The molecule has 0 spiro atoms. The second-order valence-electron chi connectivity index (χ2n) is 4.95. The van der Waals surface area contributed by atoms with E-state index >= 15 is 0 Å². The minimum absolute atomic E-state index is 0.0571. The molecule has 7 heteroatoms. The summed E-state index contributed by atoms with van der Waals surface area (Å²) in [5.41, 5.74) is 1.97. The molecule has 4 amide bonds. The number of hydrogen-bond acceptors (Lipinski definition) is 4. The summed E-state index contributed by atoms with van der Waals surface area (Å²) in [6.07, 6.45) is 0.938. The van der Waals surface area contributed by atoms with Gasteiger partial charge in [0.15, 0.2) is 0 Å². The van der Waals surface area contributed by atoms with Crippen LogP contribution in [0.15, 0.2) is 18.2 Å². The molecule has 108 valence electrons. The Kier molecular flexibility index (Phi) is 3.17. The molecule has 1 aromatic carbocycles. The Bertz CT molecular complexity index is 656. The molecule has 2 heterocycles. The monoisotopic (exact) mass is 287 g/mol. The second-order valence-corrected chi connectivity index (χ2v) is 4.95. The molecular formula is C14H13N3O4. The van der Waals surface area contributed by atoms with Crippen molar-refractivity contribution in [2.45, 2.75) is 13.0 Å². The van der Waals surface area contributed by atoms with Crippen molar-refractivity contribution in [3.8, 4) is 0 Å². The number of carbonyl (C=O) groups is 4. The van der Waals surface area contributed by atoms with E-state index in [1.54, 1.807) is 18.2 Å². The van der Waals surface area contributed by atoms with E-state index in [4.69, 9.17) is 0 Å². The molecule has 0 unspecified atom stereocenters. The highest BCUT2D eigenvalue weighted by Crippen LogP contribution is 2.27. The first-order valence-corrected chi connectivity index (χ1v) is 6.57. The first kappa shape index (κ1) is 13.3. The number of nitrogens with one attached hydrogen (secondary N) is 1. The number of aldehydes is 1. The van der Waals surface area contributed by atoms with Crippen molar-refractivity contribution in [2.75, 3.05) is 18.0 Å². The third kappa shape index (κ3) is 2.26. The summed E-state index contributed by atoms with van der Waals surface area (Å²) in [5, 5.41) is 2.26. The fraction of sp³-hybridized carbons (Fsp3) is 0.286. The lowest BCUT2D eigenvalue weighted by Gasteiger charge is -2.26. The van der Waals surface area contributed by atoms with Crippen LogP contribution in [0.1, 0.15) is 22.3 Å². The molecule has 1 N–H and O–H groups in total. The van der Waals surface area contributed by atoms with Gasteiger partial charge in [0, 0.05) is 30.8 Å². The number of imide groups is 1. The fourth-order valence-electron chi connectivity index (χ4n) is 2.58. The molecule has 21 heavy (non-hydrogen) atoms. The molecule has 1 fully saturated rings. The van der Waals surface area contributed by atoms with Gasteiger partial charge in [-0.15, -0.1) is 0 Å². The smallest absolute Gasteiger partial charge is 0.327 e. The lowest BCUT2D eigenvalue weighted by atomic mass is 10.1. The van der Waals surface area contributed by atoms with E-state index in [2.05, 4.69) is 5.32 Å². The number of benzene rings is 1. The Morgan fingerprint density at radius 3 is 2.76 bits per heavy atom. The zero-order valence-electron chi connectivity index (χ0n) is 11.2. The topological polar surface area (TPSA) is 86.8 Å². The Hall–Kier alpha value is -2.70. The molecule has 0 bridgehead atoms. The Morgan fingerprint density at radius 1 is 1.24 bits per heavy atom. The molecule has 2 aliphatic rings. The van der Waals surface area contributed by atoms with Crippen LogP contribution in [-0.2, 0) is 16.1 Å². The summed E-state index contributed by atoms with van der Waals surface area (Å²) in [6.45, 7) is 0.728. The number of hydrogen-bond donors (Lipinski definition) is 1. The SMILES string of the molecule is O=CCN1Cc2cc(N3CCC(=O)NC3=O)ccc2C1=O. The minimum atomic E-state index is -0.458. The van der Waals surface area contributed by atoms with Gasteiger partial charge in [-0.1, -0.05) is 0 Å². The van der Waals surface area contributed by atoms with Crippen LogP contribution in [0.25, 0.3) is 0 Å².